The van der Waals surface area contributed by atoms with Crippen molar-refractivity contribution in [2.75, 3.05) is 18.2 Å². The van der Waals surface area contributed by atoms with Crippen LogP contribution in [0, 0.1) is 0 Å². The van der Waals surface area contributed by atoms with Crippen molar-refractivity contribution in [1.29, 1.82) is 0 Å². The second-order valence-corrected chi connectivity index (χ2v) is 5.71. The van der Waals surface area contributed by atoms with E-state index in [0.717, 1.165) is 10.2 Å². The van der Waals surface area contributed by atoms with Crippen LogP contribution in [0.1, 0.15) is 35.9 Å². The van der Waals surface area contributed by atoms with E-state index in [4.69, 9.17) is 10.5 Å². The first-order valence-electron chi connectivity index (χ1n) is 6.42. The summed E-state index contributed by atoms with van der Waals surface area (Å²) in [5.41, 5.74) is 7.87. The molecular weight excluding hydrogens is 336 g/mol. The van der Waals surface area contributed by atoms with Crippen molar-refractivity contribution in [1.82, 2.24) is 10.2 Å². The summed E-state index contributed by atoms with van der Waals surface area (Å²) in [5, 5.41) is 9.57. The number of hydrogen-bond acceptors (Lipinski definition) is 4. The summed E-state index contributed by atoms with van der Waals surface area (Å²) in [6.07, 6.45) is 0. The maximum atomic E-state index is 12.3. The minimum absolute atomic E-state index is 0.169. The van der Waals surface area contributed by atoms with Gasteiger partial charge in [0.1, 0.15) is 5.75 Å². The van der Waals surface area contributed by atoms with Crippen molar-refractivity contribution in [2.24, 2.45) is 0 Å². The van der Waals surface area contributed by atoms with Gasteiger partial charge < -0.3 is 15.8 Å². The number of nitrogens with zero attached hydrogens (tertiary/aromatic N) is 1. The van der Waals surface area contributed by atoms with Crippen molar-refractivity contribution in [2.45, 2.75) is 19.8 Å². The lowest BCUT2D eigenvalue weighted by Gasteiger charge is -2.09. The molecule has 1 aromatic carbocycles. The Kier molecular flexibility index (Phi) is 4.52. The Morgan fingerprint density at radius 2 is 2.19 bits per heavy atom. The molecule has 1 heterocycles. The molecule has 0 aliphatic heterocycles. The zero-order valence-corrected chi connectivity index (χ0v) is 13.6. The highest BCUT2D eigenvalue weighted by Gasteiger charge is 2.19. The molecule has 2 rings (SSSR count). The van der Waals surface area contributed by atoms with Gasteiger partial charge in [-0.05, 0) is 34.0 Å². The number of amides is 1. The molecule has 0 aliphatic rings. The molecule has 7 heteroatoms. The van der Waals surface area contributed by atoms with Crippen LogP contribution in [0.2, 0.25) is 0 Å². The maximum Gasteiger partial charge on any atom is 0.278 e. The first-order chi connectivity index (χ1) is 9.93. The summed E-state index contributed by atoms with van der Waals surface area (Å²) in [5.74, 6) is 0.443. The summed E-state index contributed by atoms with van der Waals surface area (Å²) in [4.78, 5) is 12.3. The molecule has 0 unspecified atom stereocenters. The van der Waals surface area contributed by atoms with Gasteiger partial charge in [0.2, 0.25) is 0 Å². The zero-order chi connectivity index (χ0) is 15.6. The van der Waals surface area contributed by atoms with E-state index >= 15 is 0 Å². The van der Waals surface area contributed by atoms with Gasteiger partial charge >= 0.3 is 0 Å². The SMILES string of the molecule is COc1ccc(Br)c(NC(=O)c2n[nH]c(C(C)C)c2N)c1. The fourth-order valence-corrected chi connectivity index (χ4v) is 2.23. The highest BCUT2D eigenvalue weighted by molar-refractivity contribution is 9.10. The predicted molar refractivity (Wildman–Crippen MR) is 85.7 cm³/mol. The third-order valence-electron chi connectivity index (χ3n) is 3.05. The normalized spacial score (nSPS) is 10.7. The Hall–Kier alpha value is -2.02. The number of benzene rings is 1. The number of H-pyrrole nitrogens is 1. The average molecular weight is 353 g/mol. The van der Waals surface area contributed by atoms with E-state index < -0.39 is 0 Å². The molecule has 0 fully saturated rings. The minimum Gasteiger partial charge on any atom is -0.497 e. The van der Waals surface area contributed by atoms with Gasteiger partial charge in [-0.1, -0.05) is 13.8 Å². The van der Waals surface area contributed by atoms with E-state index in [-0.39, 0.29) is 17.5 Å². The number of carbonyl (C=O) groups is 1. The molecule has 0 bridgehead atoms. The number of hydrogen-bond donors (Lipinski definition) is 3. The molecule has 0 radical (unpaired) electrons. The van der Waals surface area contributed by atoms with E-state index in [1.54, 1.807) is 25.3 Å². The van der Waals surface area contributed by atoms with Crippen molar-refractivity contribution >= 4 is 33.2 Å². The lowest BCUT2D eigenvalue weighted by molar-refractivity contribution is 0.102. The average Bonchev–Trinajstić information content (AvgIpc) is 2.83. The van der Waals surface area contributed by atoms with Gasteiger partial charge in [0.05, 0.1) is 24.2 Å². The van der Waals surface area contributed by atoms with Crippen LogP contribution < -0.4 is 15.8 Å². The fourth-order valence-electron chi connectivity index (χ4n) is 1.89. The number of aromatic nitrogens is 2. The maximum absolute atomic E-state index is 12.3. The van der Waals surface area contributed by atoms with E-state index in [0.29, 0.717) is 17.1 Å². The minimum atomic E-state index is -0.371. The topological polar surface area (TPSA) is 93.0 Å². The molecule has 0 saturated carbocycles. The number of rotatable bonds is 4. The number of nitrogens with one attached hydrogen (secondary N) is 2. The number of methoxy groups -OCH3 is 1. The van der Waals surface area contributed by atoms with Crippen LogP contribution in [0.25, 0.3) is 0 Å². The van der Waals surface area contributed by atoms with E-state index in [9.17, 15) is 4.79 Å². The van der Waals surface area contributed by atoms with Gasteiger partial charge in [-0.15, -0.1) is 0 Å². The summed E-state index contributed by atoms with van der Waals surface area (Å²) in [6, 6.07) is 5.30. The number of anilines is 2. The standard InChI is InChI=1S/C14H17BrN4O2/c1-7(2)12-11(16)13(19-18-12)14(20)17-10-6-8(21-3)4-5-9(10)15/h4-7H,16H2,1-3H3,(H,17,20)(H,18,19). The third-order valence-corrected chi connectivity index (χ3v) is 3.74. The molecule has 0 spiro atoms. The van der Waals surface area contributed by atoms with Crippen molar-refractivity contribution in [3.05, 3.63) is 34.1 Å². The Morgan fingerprint density at radius 1 is 1.48 bits per heavy atom. The van der Waals surface area contributed by atoms with Crippen molar-refractivity contribution < 1.29 is 9.53 Å². The van der Waals surface area contributed by atoms with Crippen LogP contribution in [-0.2, 0) is 0 Å². The Balaban J connectivity index is 2.26. The van der Waals surface area contributed by atoms with Crippen LogP contribution in [-0.4, -0.2) is 23.2 Å². The molecule has 6 nitrogen and oxygen atoms in total. The number of halogens is 1. The number of carbonyl (C=O) groups excluding carboxylic acids is 1. The second kappa shape index (κ2) is 6.17. The Morgan fingerprint density at radius 3 is 2.76 bits per heavy atom. The van der Waals surface area contributed by atoms with Gasteiger partial charge in [0, 0.05) is 10.5 Å². The lowest BCUT2D eigenvalue weighted by Crippen LogP contribution is -2.14. The highest BCUT2D eigenvalue weighted by Crippen LogP contribution is 2.28. The van der Waals surface area contributed by atoms with Crippen LogP contribution in [0.3, 0.4) is 0 Å². The quantitative estimate of drug-likeness (QED) is 0.787. The monoisotopic (exact) mass is 352 g/mol. The molecule has 21 heavy (non-hydrogen) atoms. The molecule has 4 N–H and O–H groups in total. The molecule has 2 aromatic rings. The van der Waals surface area contributed by atoms with E-state index in [1.807, 2.05) is 13.8 Å². The van der Waals surface area contributed by atoms with Crippen LogP contribution in [0.15, 0.2) is 22.7 Å². The summed E-state index contributed by atoms with van der Waals surface area (Å²) in [6.45, 7) is 3.95. The largest absolute Gasteiger partial charge is 0.497 e. The van der Waals surface area contributed by atoms with Gasteiger partial charge in [-0.25, -0.2) is 0 Å². The number of ether oxygens (including phenoxy) is 1. The molecular formula is C14H17BrN4O2. The first-order valence-corrected chi connectivity index (χ1v) is 7.22. The summed E-state index contributed by atoms with van der Waals surface area (Å²) < 4.78 is 5.88. The number of nitrogens with two attached hydrogens (primary N) is 1. The van der Waals surface area contributed by atoms with Crippen LogP contribution in [0.5, 0.6) is 5.75 Å². The van der Waals surface area contributed by atoms with Gasteiger partial charge in [0.25, 0.3) is 5.91 Å². The highest BCUT2D eigenvalue weighted by atomic mass is 79.9. The number of aromatic amines is 1. The van der Waals surface area contributed by atoms with E-state index in [1.165, 1.54) is 0 Å². The van der Waals surface area contributed by atoms with Gasteiger partial charge in [-0.3, -0.25) is 9.89 Å². The Bertz CT molecular complexity index is 667. The molecule has 112 valence electrons. The molecule has 1 amide bonds. The number of nitrogen functional groups attached to an aromatic ring is 1. The van der Waals surface area contributed by atoms with Gasteiger partial charge in [-0.2, -0.15) is 5.10 Å². The predicted octanol–water partition coefficient (Wildman–Crippen LogP) is 3.14. The first kappa shape index (κ1) is 15.4. The molecule has 0 aliphatic carbocycles. The molecule has 0 atom stereocenters. The summed E-state index contributed by atoms with van der Waals surface area (Å²) in [7, 11) is 1.56. The second-order valence-electron chi connectivity index (χ2n) is 4.85. The Labute approximate surface area is 131 Å². The van der Waals surface area contributed by atoms with Crippen LogP contribution in [0.4, 0.5) is 11.4 Å². The molecule has 0 saturated heterocycles. The van der Waals surface area contributed by atoms with Crippen molar-refractivity contribution in [3.63, 3.8) is 0 Å². The molecule has 1 aromatic heterocycles. The summed E-state index contributed by atoms with van der Waals surface area (Å²) >= 11 is 3.38. The lowest BCUT2D eigenvalue weighted by atomic mass is 10.1. The van der Waals surface area contributed by atoms with Crippen LogP contribution >= 0.6 is 15.9 Å². The fraction of sp³-hybridized carbons (Fsp3) is 0.286. The third kappa shape index (κ3) is 3.18. The zero-order valence-electron chi connectivity index (χ0n) is 12.0. The van der Waals surface area contributed by atoms with Crippen molar-refractivity contribution in [3.8, 4) is 5.75 Å². The van der Waals surface area contributed by atoms with E-state index in [2.05, 4.69) is 31.4 Å². The van der Waals surface area contributed by atoms with Gasteiger partial charge in [0.15, 0.2) is 5.69 Å². The smallest absolute Gasteiger partial charge is 0.278 e.